The number of rotatable bonds is 5. The molecule has 0 aromatic carbocycles. The molecule has 110 valence electrons. The van der Waals surface area contributed by atoms with Gasteiger partial charge in [0.05, 0.1) is 0 Å². The van der Waals surface area contributed by atoms with Crippen molar-refractivity contribution >= 4 is 5.91 Å². The van der Waals surface area contributed by atoms with Crippen LogP contribution in [0.4, 0.5) is 0 Å². The third-order valence-corrected chi connectivity index (χ3v) is 5.53. The highest BCUT2D eigenvalue weighted by molar-refractivity contribution is 5.85. The fourth-order valence-electron chi connectivity index (χ4n) is 4.13. The molecule has 4 nitrogen and oxygen atoms in total. The zero-order valence-electron chi connectivity index (χ0n) is 12.7. The molecule has 1 saturated carbocycles. The van der Waals surface area contributed by atoms with Crippen LogP contribution in [0.1, 0.15) is 52.4 Å². The molecule has 2 atom stereocenters. The van der Waals surface area contributed by atoms with Crippen LogP contribution in [0.5, 0.6) is 0 Å². The van der Waals surface area contributed by atoms with Gasteiger partial charge in [0, 0.05) is 5.54 Å². The maximum absolute atomic E-state index is 11.8. The molecule has 3 N–H and O–H groups in total. The molecule has 4 heteroatoms. The molecule has 0 radical (unpaired) electrons. The number of hydrogen-bond donors (Lipinski definition) is 2. The Labute approximate surface area is 117 Å². The highest BCUT2D eigenvalue weighted by atomic mass is 16.1. The maximum atomic E-state index is 11.8. The first-order valence-corrected chi connectivity index (χ1v) is 7.66. The Hall–Kier alpha value is -0.610. The Balaban J connectivity index is 1.97. The van der Waals surface area contributed by atoms with Gasteiger partial charge in [0.15, 0.2) is 0 Å². The number of nitrogens with two attached hydrogens (primary N) is 1. The van der Waals surface area contributed by atoms with Crippen LogP contribution in [0.2, 0.25) is 0 Å². The normalized spacial score (nSPS) is 34.8. The van der Waals surface area contributed by atoms with E-state index in [0.717, 1.165) is 32.2 Å². The van der Waals surface area contributed by atoms with Crippen molar-refractivity contribution in [3.05, 3.63) is 0 Å². The van der Waals surface area contributed by atoms with E-state index < -0.39 is 5.54 Å². The van der Waals surface area contributed by atoms with Crippen molar-refractivity contribution in [2.45, 2.75) is 63.5 Å². The quantitative estimate of drug-likeness (QED) is 0.793. The molecule has 2 aliphatic rings. The van der Waals surface area contributed by atoms with Gasteiger partial charge >= 0.3 is 0 Å². The van der Waals surface area contributed by atoms with Gasteiger partial charge in [-0.05, 0) is 72.0 Å². The van der Waals surface area contributed by atoms with Crippen molar-refractivity contribution in [1.82, 2.24) is 10.2 Å². The average molecular weight is 267 g/mol. The fraction of sp³-hybridized carbons (Fsp3) is 0.933. The number of hydrogen-bond acceptors (Lipinski definition) is 3. The molecule has 0 bridgehead atoms. The molecular weight excluding hydrogens is 238 g/mol. The lowest BCUT2D eigenvalue weighted by atomic mass is 9.83. The van der Waals surface area contributed by atoms with Gasteiger partial charge in [-0.2, -0.15) is 0 Å². The fourth-order valence-corrected chi connectivity index (χ4v) is 4.13. The lowest BCUT2D eigenvalue weighted by Gasteiger charge is -2.36. The number of amides is 1. The summed E-state index contributed by atoms with van der Waals surface area (Å²) in [4.78, 5) is 14.4. The maximum Gasteiger partial charge on any atom is 0.238 e. The lowest BCUT2D eigenvalue weighted by molar-refractivity contribution is -0.125. The summed E-state index contributed by atoms with van der Waals surface area (Å²) in [5.41, 5.74) is 5.53. The van der Waals surface area contributed by atoms with E-state index in [0.29, 0.717) is 11.5 Å². The van der Waals surface area contributed by atoms with Gasteiger partial charge in [-0.25, -0.2) is 0 Å². The van der Waals surface area contributed by atoms with Crippen LogP contribution < -0.4 is 11.1 Å². The van der Waals surface area contributed by atoms with E-state index >= 15 is 0 Å². The van der Waals surface area contributed by atoms with Crippen LogP contribution in [0.3, 0.4) is 0 Å². The first kappa shape index (κ1) is 14.8. The first-order valence-electron chi connectivity index (χ1n) is 7.66. The van der Waals surface area contributed by atoms with Gasteiger partial charge < -0.3 is 11.1 Å². The molecule has 1 amide bonds. The lowest BCUT2D eigenvalue weighted by Crippen LogP contribution is -2.57. The van der Waals surface area contributed by atoms with Crippen molar-refractivity contribution in [2.24, 2.45) is 11.7 Å². The van der Waals surface area contributed by atoms with Crippen LogP contribution in [-0.4, -0.2) is 42.0 Å². The highest BCUT2D eigenvalue weighted by Crippen LogP contribution is 2.38. The molecule has 2 fully saturated rings. The first-order chi connectivity index (χ1) is 8.92. The summed E-state index contributed by atoms with van der Waals surface area (Å²) >= 11 is 0. The molecule has 1 saturated heterocycles. The number of nitrogens with zero attached hydrogens (tertiary/aromatic N) is 1. The molecule has 0 aromatic rings. The van der Waals surface area contributed by atoms with Crippen LogP contribution >= 0.6 is 0 Å². The summed E-state index contributed by atoms with van der Waals surface area (Å²) < 4.78 is 0. The second kappa shape index (κ2) is 5.41. The van der Waals surface area contributed by atoms with E-state index in [1.807, 2.05) is 7.05 Å². The summed E-state index contributed by atoms with van der Waals surface area (Å²) in [5.74, 6) is 0.226. The monoisotopic (exact) mass is 267 g/mol. The molecule has 1 aliphatic carbocycles. The van der Waals surface area contributed by atoms with Gasteiger partial charge in [0.2, 0.25) is 5.91 Å². The summed E-state index contributed by atoms with van der Waals surface area (Å²) in [7, 11) is 1.88. The van der Waals surface area contributed by atoms with Crippen LogP contribution in [0.15, 0.2) is 0 Å². The molecule has 0 aromatic heterocycles. The minimum atomic E-state index is -0.454. The number of likely N-dealkylation sites (N-methyl/N-ethyl adjacent to an activating group) is 1. The molecule has 2 unspecified atom stereocenters. The van der Waals surface area contributed by atoms with Gasteiger partial charge in [-0.15, -0.1) is 0 Å². The van der Waals surface area contributed by atoms with Crippen molar-refractivity contribution in [3.63, 3.8) is 0 Å². The van der Waals surface area contributed by atoms with Crippen molar-refractivity contribution in [3.8, 4) is 0 Å². The van der Waals surface area contributed by atoms with Crippen LogP contribution in [-0.2, 0) is 4.79 Å². The molecule has 2 rings (SSSR count). The van der Waals surface area contributed by atoms with Gasteiger partial charge in [0.25, 0.3) is 0 Å². The van der Waals surface area contributed by atoms with E-state index in [-0.39, 0.29) is 5.91 Å². The summed E-state index contributed by atoms with van der Waals surface area (Å²) in [6, 6.07) is 0. The number of primary amides is 1. The van der Waals surface area contributed by atoms with Gasteiger partial charge in [-0.1, -0.05) is 6.42 Å². The van der Waals surface area contributed by atoms with Gasteiger partial charge in [0.1, 0.15) is 5.54 Å². The van der Waals surface area contributed by atoms with Crippen LogP contribution in [0, 0.1) is 5.92 Å². The molecule has 1 aliphatic heterocycles. The van der Waals surface area contributed by atoms with E-state index in [2.05, 4.69) is 24.1 Å². The SMILES string of the molecule is CNC1(C(N)=O)CCCC1CCN1CCCC1(C)C. The minimum Gasteiger partial charge on any atom is -0.368 e. The Morgan fingerprint density at radius 2 is 2.11 bits per heavy atom. The number of carbonyl (C=O) groups excluding carboxylic acids is 1. The molecule has 19 heavy (non-hydrogen) atoms. The highest BCUT2D eigenvalue weighted by Gasteiger charge is 2.46. The predicted molar refractivity (Wildman–Crippen MR) is 77.8 cm³/mol. The largest absolute Gasteiger partial charge is 0.368 e. The zero-order valence-corrected chi connectivity index (χ0v) is 12.7. The van der Waals surface area contributed by atoms with E-state index in [1.165, 1.54) is 19.4 Å². The third-order valence-electron chi connectivity index (χ3n) is 5.53. The molecule has 1 heterocycles. The molecular formula is C15H29N3O. The Bertz CT molecular complexity index is 342. The van der Waals surface area contributed by atoms with E-state index in [1.54, 1.807) is 0 Å². The smallest absolute Gasteiger partial charge is 0.238 e. The minimum absolute atomic E-state index is 0.168. The van der Waals surface area contributed by atoms with E-state index in [4.69, 9.17) is 5.73 Å². The Morgan fingerprint density at radius 1 is 1.37 bits per heavy atom. The second-order valence-electron chi connectivity index (χ2n) is 6.87. The average Bonchev–Trinajstić information content (AvgIpc) is 2.90. The standard InChI is InChI=1S/C15H29N3O/c1-14(2)8-5-10-18(14)11-7-12-6-4-9-15(12,17-3)13(16)19/h12,17H,4-11H2,1-3H3,(H2,16,19). The van der Waals surface area contributed by atoms with E-state index in [9.17, 15) is 4.79 Å². The van der Waals surface area contributed by atoms with Crippen LogP contribution in [0.25, 0.3) is 0 Å². The summed E-state index contributed by atoms with van der Waals surface area (Å²) in [6.45, 7) is 6.94. The number of carbonyl (C=O) groups is 1. The summed E-state index contributed by atoms with van der Waals surface area (Å²) in [6.07, 6.45) is 6.78. The second-order valence-corrected chi connectivity index (χ2v) is 6.87. The molecule has 0 spiro atoms. The zero-order chi connectivity index (χ0) is 14.1. The van der Waals surface area contributed by atoms with Crippen molar-refractivity contribution in [2.75, 3.05) is 20.1 Å². The Morgan fingerprint density at radius 3 is 2.63 bits per heavy atom. The number of nitrogens with one attached hydrogen (secondary N) is 1. The summed E-state index contributed by atoms with van der Waals surface area (Å²) in [5, 5.41) is 3.23. The van der Waals surface area contributed by atoms with Crippen molar-refractivity contribution < 1.29 is 4.79 Å². The van der Waals surface area contributed by atoms with Crippen molar-refractivity contribution in [1.29, 1.82) is 0 Å². The third kappa shape index (κ3) is 2.65. The number of likely N-dealkylation sites (tertiary alicyclic amines) is 1. The predicted octanol–water partition coefficient (Wildman–Crippen LogP) is 1.49. The van der Waals surface area contributed by atoms with Gasteiger partial charge in [-0.3, -0.25) is 9.69 Å². The Kier molecular flexibility index (Phi) is 4.21. The topological polar surface area (TPSA) is 58.4 Å².